The van der Waals surface area contributed by atoms with Crippen LogP contribution in [0.15, 0.2) is 24.3 Å². The van der Waals surface area contributed by atoms with Crippen molar-refractivity contribution in [3.8, 4) is 5.75 Å². The Bertz CT molecular complexity index is 672. The molecule has 3 rings (SSSR count). The van der Waals surface area contributed by atoms with Gasteiger partial charge in [-0.25, -0.2) is 4.79 Å². The lowest BCUT2D eigenvalue weighted by molar-refractivity contribution is -0.0855. The van der Waals surface area contributed by atoms with Gasteiger partial charge in [0.05, 0.1) is 7.11 Å². The number of fused-ring (bicyclic) bond motifs is 2. The molecule has 0 aliphatic carbocycles. The molecule has 2 fully saturated rings. The molecule has 29 heavy (non-hydrogen) atoms. The molecule has 3 atom stereocenters. The van der Waals surface area contributed by atoms with Gasteiger partial charge in [-0.15, -0.1) is 0 Å². The first kappa shape index (κ1) is 23.2. The number of carbonyl (C=O) groups is 2. The van der Waals surface area contributed by atoms with Crippen LogP contribution in [-0.4, -0.2) is 67.3 Å². The van der Waals surface area contributed by atoms with Crippen LogP contribution in [0.4, 0.5) is 4.79 Å². The van der Waals surface area contributed by atoms with Gasteiger partial charge in [-0.2, -0.15) is 5.06 Å². The molecule has 2 bridgehead atoms. The summed E-state index contributed by atoms with van der Waals surface area (Å²) in [6, 6.07) is 7.57. The van der Waals surface area contributed by atoms with E-state index in [9.17, 15) is 9.59 Å². The minimum absolute atomic E-state index is 0.0723. The molecule has 0 radical (unpaired) electrons. The van der Waals surface area contributed by atoms with E-state index in [-0.39, 0.29) is 24.3 Å². The van der Waals surface area contributed by atoms with E-state index in [1.54, 1.807) is 24.3 Å². The first-order chi connectivity index (χ1) is 13.6. The van der Waals surface area contributed by atoms with Crippen LogP contribution in [0.25, 0.3) is 0 Å². The van der Waals surface area contributed by atoms with E-state index in [1.807, 2.05) is 51.9 Å². The number of aldehydes is 1. The number of rotatable bonds is 4. The fourth-order valence-corrected chi connectivity index (χ4v) is 3.69. The smallest absolute Gasteiger partial charge is 0.410 e. The highest BCUT2D eigenvalue weighted by molar-refractivity contribution is 5.75. The second-order valence-electron chi connectivity index (χ2n) is 8.67. The summed E-state index contributed by atoms with van der Waals surface area (Å²) in [6.45, 7) is 5.67. The molecule has 1 aromatic carbocycles. The first-order valence-corrected chi connectivity index (χ1v) is 10.1. The molecule has 2 heterocycles. The third-order valence-corrected chi connectivity index (χ3v) is 4.96. The lowest BCUT2D eigenvalue weighted by Crippen LogP contribution is -2.50. The summed E-state index contributed by atoms with van der Waals surface area (Å²) >= 11 is 0. The molecular formula is C22H34N2O5. The van der Waals surface area contributed by atoms with E-state index >= 15 is 0 Å². The number of hydrogen-bond donors (Lipinski definition) is 0. The quantitative estimate of drug-likeness (QED) is 0.558. The van der Waals surface area contributed by atoms with E-state index in [1.165, 1.54) is 0 Å². The van der Waals surface area contributed by atoms with Gasteiger partial charge in [0.15, 0.2) is 0 Å². The van der Waals surface area contributed by atoms with Crippen LogP contribution in [-0.2, 0) is 9.57 Å². The Morgan fingerprint density at radius 1 is 1.17 bits per heavy atom. The average Bonchev–Trinajstić information content (AvgIpc) is 2.92. The molecule has 0 aromatic heterocycles. The average molecular weight is 407 g/mol. The third-order valence-electron chi connectivity index (χ3n) is 4.96. The van der Waals surface area contributed by atoms with Crippen LogP contribution in [0.1, 0.15) is 56.8 Å². The van der Waals surface area contributed by atoms with Gasteiger partial charge in [-0.05, 0) is 45.7 Å². The summed E-state index contributed by atoms with van der Waals surface area (Å²) in [5.74, 6) is 0.717. The van der Waals surface area contributed by atoms with E-state index in [0.717, 1.165) is 37.7 Å². The van der Waals surface area contributed by atoms with Crippen LogP contribution < -0.4 is 4.74 Å². The summed E-state index contributed by atoms with van der Waals surface area (Å²) in [5, 5.41) is 1.62. The van der Waals surface area contributed by atoms with Gasteiger partial charge in [0.2, 0.25) is 0 Å². The Kier molecular flexibility index (Phi) is 8.05. The predicted octanol–water partition coefficient (Wildman–Crippen LogP) is 3.92. The number of nitrogens with zero attached hydrogens (tertiary/aromatic N) is 2. The number of piperidine rings is 1. The molecule has 1 aromatic rings. The Hall–Kier alpha value is -2.12. The van der Waals surface area contributed by atoms with Crippen LogP contribution in [0.5, 0.6) is 5.75 Å². The summed E-state index contributed by atoms with van der Waals surface area (Å²) in [5.41, 5.74) is 0.140. The summed E-state index contributed by atoms with van der Waals surface area (Å²) < 4.78 is 11.6. The van der Waals surface area contributed by atoms with Crippen LogP contribution in [0.2, 0.25) is 0 Å². The van der Waals surface area contributed by atoms with Crippen molar-refractivity contribution in [3.05, 3.63) is 29.8 Å². The highest BCUT2D eigenvalue weighted by Gasteiger charge is 2.45. The zero-order valence-electron chi connectivity index (χ0n) is 18.4. The number of hydroxylamine groups is 2. The SMILES string of the molecule is CC(C)(C)OC(=O)N1[C@@H]2CC[C@H]1CC(Oc1cccc(C=O)c1)C2.CON(C)C. The highest BCUT2D eigenvalue weighted by atomic mass is 16.7. The monoisotopic (exact) mass is 406 g/mol. The van der Waals surface area contributed by atoms with E-state index < -0.39 is 5.60 Å². The Morgan fingerprint density at radius 2 is 1.76 bits per heavy atom. The fourth-order valence-electron chi connectivity index (χ4n) is 3.69. The summed E-state index contributed by atoms with van der Waals surface area (Å²) in [7, 11) is 5.29. The number of amides is 1. The first-order valence-electron chi connectivity index (χ1n) is 10.1. The van der Waals surface area contributed by atoms with Crippen molar-refractivity contribution in [2.24, 2.45) is 0 Å². The normalized spacial score (nSPS) is 23.3. The second kappa shape index (κ2) is 10.1. The van der Waals surface area contributed by atoms with Crippen molar-refractivity contribution in [3.63, 3.8) is 0 Å². The summed E-state index contributed by atoms with van der Waals surface area (Å²) in [4.78, 5) is 29.8. The van der Waals surface area contributed by atoms with Crippen LogP contribution in [0.3, 0.4) is 0 Å². The molecular weight excluding hydrogens is 372 g/mol. The molecule has 1 unspecified atom stereocenters. The van der Waals surface area contributed by atoms with Gasteiger partial charge < -0.3 is 19.2 Å². The lowest BCUT2D eigenvalue weighted by Gasteiger charge is -2.39. The maximum Gasteiger partial charge on any atom is 0.410 e. The third kappa shape index (κ3) is 7.01. The molecule has 2 aliphatic heterocycles. The largest absolute Gasteiger partial charge is 0.490 e. The van der Waals surface area contributed by atoms with E-state index in [4.69, 9.17) is 9.47 Å². The van der Waals surface area contributed by atoms with E-state index in [0.29, 0.717) is 5.56 Å². The molecule has 1 amide bonds. The molecule has 7 heteroatoms. The molecule has 0 spiro atoms. The molecule has 0 N–H and O–H groups in total. The van der Waals surface area contributed by atoms with Crippen molar-refractivity contribution >= 4 is 12.4 Å². The van der Waals surface area contributed by atoms with Crippen molar-refractivity contribution in [2.75, 3.05) is 21.2 Å². The van der Waals surface area contributed by atoms with Gasteiger partial charge in [0.25, 0.3) is 0 Å². The molecule has 0 saturated carbocycles. The number of ether oxygens (including phenoxy) is 2. The van der Waals surface area contributed by atoms with Crippen molar-refractivity contribution in [1.82, 2.24) is 9.96 Å². The van der Waals surface area contributed by atoms with Crippen molar-refractivity contribution in [2.45, 2.75) is 70.2 Å². The molecule has 2 aliphatic rings. The Morgan fingerprint density at radius 3 is 2.24 bits per heavy atom. The zero-order chi connectivity index (χ0) is 21.6. The number of benzene rings is 1. The van der Waals surface area contributed by atoms with Gasteiger partial charge in [0.1, 0.15) is 23.7 Å². The molecule has 162 valence electrons. The minimum Gasteiger partial charge on any atom is -0.490 e. The fraction of sp³-hybridized carbons (Fsp3) is 0.636. The van der Waals surface area contributed by atoms with Gasteiger partial charge in [-0.1, -0.05) is 12.1 Å². The number of hydrogen-bond acceptors (Lipinski definition) is 6. The maximum absolute atomic E-state index is 12.4. The Labute approximate surface area is 173 Å². The zero-order valence-corrected chi connectivity index (χ0v) is 18.4. The van der Waals surface area contributed by atoms with Crippen molar-refractivity contribution in [1.29, 1.82) is 0 Å². The van der Waals surface area contributed by atoms with Crippen LogP contribution in [0, 0.1) is 0 Å². The van der Waals surface area contributed by atoms with E-state index in [2.05, 4.69) is 4.84 Å². The summed E-state index contributed by atoms with van der Waals surface area (Å²) in [6.07, 6.45) is 4.29. The maximum atomic E-state index is 12.4. The number of carbonyl (C=O) groups excluding carboxylic acids is 2. The standard InChI is InChI=1S/C19H25NO4.C3H9NO/c1-19(2,3)24-18(22)20-14-7-8-15(20)11-17(10-14)23-16-6-4-5-13(9-16)12-21;1-4(2)5-3/h4-6,9,12,14-15,17H,7-8,10-11H2,1-3H3;1-3H3/t14-,15+,17?;. The van der Waals surface area contributed by atoms with Crippen LogP contribution >= 0.6 is 0 Å². The molecule has 2 saturated heterocycles. The molecule has 7 nitrogen and oxygen atoms in total. The van der Waals surface area contributed by atoms with Gasteiger partial charge >= 0.3 is 6.09 Å². The van der Waals surface area contributed by atoms with Gasteiger partial charge in [-0.3, -0.25) is 4.79 Å². The topological polar surface area (TPSA) is 68.3 Å². The Balaban J connectivity index is 0.000000537. The second-order valence-corrected chi connectivity index (χ2v) is 8.67. The predicted molar refractivity (Wildman–Crippen MR) is 111 cm³/mol. The highest BCUT2D eigenvalue weighted by Crippen LogP contribution is 2.38. The minimum atomic E-state index is -0.473. The van der Waals surface area contributed by atoms with Crippen molar-refractivity contribution < 1.29 is 23.9 Å². The van der Waals surface area contributed by atoms with Gasteiger partial charge in [0, 0.05) is 44.6 Å². The lowest BCUT2D eigenvalue weighted by atomic mass is 10.00.